The SMILES string of the molecule is O=c1[nH]cnc2cc(N[C@@H]3CCc4cc(Cl)ccc43)c([N+](=O)[O-])cc12. The molecule has 2 aromatic carbocycles. The van der Waals surface area contributed by atoms with Gasteiger partial charge >= 0.3 is 0 Å². The Kier molecular flexibility index (Phi) is 3.65. The number of nitro benzene ring substituents is 1. The lowest BCUT2D eigenvalue weighted by molar-refractivity contribution is -0.383. The normalized spacial score (nSPS) is 16.0. The Morgan fingerprint density at radius 2 is 2.16 bits per heavy atom. The summed E-state index contributed by atoms with van der Waals surface area (Å²) >= 11 is 6.03. The third-order valence-electron chi connectivity index (χ3n) is 4.47. The number of H-pyrrole nitrogens is 1. The van der Waals surface area contributed by atoms with E-state index in [2.05, 4.69) is 15.3 Å². The van der Waals surface area contributed by atoms with Crippen molar-refractivity contribution < 1.29 is 4.92 Å². The molecule has 8 heteroatoms. The fourth-order valence-electron chi connectivity index (χ4n) is 3.29. The minimum Gasteiger partial charge on any atom is -0.373 e. The molecule has 0 spiro atoms. The maximum absolute atomic E-state index is 11.9. The van der Waals surface area contributed by atoms with E-state index < -0.39 is 10.5 Å². The number of nitrogens with zero attached hydrogens (tertiary/aromatic N) is 2. The average molecular weight is 357 g/mol. The summed E-state index contributed by atoms with van der Waals surface area (Å²) in [5, 5.41) is 15.6. The summed E-state index contributed by atoms with van der Waals surface area (Å²) in [6.45, 7) is 0. The molecule has 126 valence electrons. The highest BCUT2D eigenvalue weighted by Gasteiger charge is 2.26. The molecule has 7 nitrogen and oxygen atoms in total. The molecule has 0 fully saturated rings. The molecule has 4 rings (SSSR count). The van der Waals surface area contributed by atoms with Gasteiger partial charge in [0.25, 0.3) is 11.2 Å². The second kappa shape index (κ2) is 5.86. The lowest BCUT2D eigenvalue weighted by Gasteiger charge is -2.16. The summed E-state index contributed by atoms with van der Waals surface area (Å²) < 4.78 is 0. The van der Waals surface area contributed by atoms with Crippen LogP contribution in [0.3, 0.4) is 0 Å². The fraction of sp³-hybridized carbons (Fsp3) is 0.176. The molecule has 1 aliphatic carbocycles. The summed E-state index contributed by atoms with van der Waals surface area (Å²) in [6.07, 6.45) is 2.95. The van der Waals surface area contributed by atoms with E-state index in [1.54, 1.807) is 6.07 Å². The molecular formula is C17H13ClN4O3. The first kappa shape index (κ1) is 15.6. The van der Waals surface area contributed by atoms with Gasteiger partial charge in [-0.05, 0) is 42.2 Å². The molecule has 2 N–H and O–H groups in total. The largest absolute Gasteiger partial charge is 0.373 e. The van der Waals surface area contributed by atoms with Gasteiger partial charge in [0.05, 0.1) is 28.2 Å². The van der Waals surface area contributed by atoms with Crippen molar-refractivity contribution in [1.29, 1.82) is 0 Å². The van der Waals surface area contributed by atoms with E-state index in [9.17, 15) is 14.9 Å². The lowest BCUT2D eigenvalue weighted by Crippen LogP contribution is -2.11. The van der Waals surface area contributed by atoms with Gasteiger partial charge in [-0.1, -0.05) is 17.7 Å². The number of fused-ring (bicyclic) bond motifs is 2. The fourth-order valence-corrected chi connectivity index (χ4v) is 3.49. The minimum atomic E-state index is -0.494. The van der Waals surface area contributed by atoms with Crippen LogP contribution in [0.5, 0.6) is 0 Å². The van der Waals surface area contributed by atoms with E-state index in [0.29, 0.717) is 16.2 Å². The number of benzene rings is 2. The maximum atomic E-state index is 11.9. The molecule has 1 aromatic heterocycles. The van der Waals surface area contributed by atoms with Crippen molar-refractivity contribution in [1.82, 2.24) is 9.97 Å². The van der Waals surface area contributed by atoms with Crippen LogP contribution in [0.2, 0.25) is 5.02 Å². The van der Waals surface area contributed by atoms with Crippen molar-refractivity contribution in [3.05, 3.63) is 73.3 Å². The molecule has 0 saturated heterocycles. The van der Waals surface area contributed by atoms with Gasteiger partial charge in [0.2, 0.25) is 0 Å². The molecule has 0 bridgehead atoms. The number of hydrogen-bond acceptors (Lipinski definition) is 5. The van der Waals surface area contributed by atoms with Gasteiger partial charge in [-0.2, -0.15) is 0 Å². The van der Waals surface area contributed by atoms with Gasteiger partial charge in [-0.3, -0.25) is 14.9 Å². The number of nitro groups is 1. The van der Waals surface area contributed by atoms with Gasteiger partial charge in [0.15, 0.2) is 0 Å². The monoisotopic (exact) mass is 356 g/mol. The van der Waals surface area contributed by atoms with Crippen LogP contribution in [0.4, 0.5) is 11.4 Å². The van der Waals surface area contributed by atoms with Crippen molar-refractivity contribution in [2.75, 3.05) is 5.32 Å². The van der Waals surface area contributed by atoms with Gasteiger partial charge in [-0.15, -0.1) is 0 Å². The van der Waals surface area contributed by atoms with E-state index >= 15 is 0 Å². The predicted octanol–water partition coefficient (Wildman–Crippen LogP) is 3.58. The van der Waals surface area contributed by atoms with Crippen LogP contribution in [0.1, 0.15) is 23.6 Å². The van der Waals surface area contributed by atoms with Crippen molar-refractivity contribution in [3.8, 4) is 0 Å². The first-order valence-electron chi connectivity index (χ1n) is 7.73. The summed E-state index contributed by atoms with van der Waals surface area (Å²) in [6, 6.07) is 8.45. The van der Waals surface area contributed by atoms with E-state index in [1.165, 1.54) is 12.4 Å². The van der Waals surface area contributed by atoms with Crippen LogP contribution in [0.15, 0.2) is 41.5 Å². The number of aromatic nitrogens is 2. The van der Waals surface area contributed by atoms with Crippen molar-refractivity contribution in [2.45, 2.75) is 18.9 Å². The number of nitrogens with one attached hydrogen (secondary N) is 2. The van der Waals surface area contributed by atoms with Gasteiger partial charge in [-0.25, -0.2) is 4.98 Å². The van der Waals surface area contributed by atoms with Crippen molar-refractivity contribution >= 4 is 33.9 Å². The lowest BCUT2D eigenvalue weighted by atomic mass is 10.1. The Bertz CT molecular complexity index is 1060. The number of anilines is 1. The van der Waals surface area contributed by atoms with Crippen LogP contribution in [-0.4, -0.2) is 14.9 Å². The number of halogens is 1. The first-order chi connectivity index (χ1) is 12.0. The van der Waals surface area contributed by atoms with E-state index in [-0.39, 0.29) is 17.1 Å². The topological polar surface area (TPSA) is 101 Å². The van der Waals surface area contributed by atoms with Crippen LogP contribution in [0, 0.1) is 10.1 Å². The molecule has 3 aromatic rings. The summed E-state index contributed by atoms with van der Waals surface area (Å²) in [5.41, 5.74) is 2.43. The Morgan fingerprint density at radius 3 is 2.96 bits per heavy atom. The highest BCUT2D eigenvalue weighted by molar-refractivity contribution is 6.30. The number of hydrogen-bond donors (Lipinski definition) is 2. The van der Waals surface area contributed by atoms with E-state index in [4.69, 9.17) is 11.6 Å². The third-order valence-corrected chi connectivity index (χ3v) is 4.70. The molecule has 0 amide bonds. The Balaban J connectivity index is 1.79. The molecular weight excluding hydrogens is 344 g/mol. The van der Waals surface area contributed by atoms with E-state index in [0.717, 1.165) is 24.0 Å². The smallest absolute Gasteiger partial charge is 0.293 e. The minimum absolute atomic E-state index is 0.0505. The summed E-state index contributed by atoms with van der Waals surface area (Å²) in [5.74, 6) is 0. The molecule has 0 unspecified atom stereocenters. The number of aryl methyl sites for hydroxylation is 1. The highest BCUT2D eigenvalue weighted by atomic mass is 35.5. The zero-order valence-corrected chi connectivity index (χ0v) is 13.7. The summed E-state index contributed by atoms with van der Waals surface area (Å²) in [4.78, 5) is 29.3. The molecule has 1 aliphatic rings. The van der Waals surface area contributed by atoms with Gasteiger partial charge < -0.3 is 10.3 Å². The summed E-state index contributed by atoms with van der Waals surface area (Å²) in [7, 11) is 0. The quantitative estimate of drug-likeness (QED) is 0.551. The Morgan fingerprint density at radius 1 is 1.32 bits per heavy atom. The Labute approximate surface area is 146 Å². The molecule has 0 saturated carbocycles. The van der Waals surface area contributed by atoms with E-state index in [1.807, 2.05) is 18.2 Å². The standard InChI is InChI=1S/C17H13ClN4O3/c18-10-2-3-11-9(5-10)1-4-13(11)21-15-7-14-12(6-16(15)22(24)25)17(23)20-8-19-14/h2-3,5-8,13,21H,1,4H2,(H,19,20,23)/t13-/m1/s1. The molecule has 0 aliphatic heterocycles. The molecule has 1 heterocycles. The zero-order chi connectivity index (χ0) is 17.6. The van der Waals surface area contributed by atoms with Crippen LogP contribution in [-0.2, 0) is 6.42 Å². The number of aromatic amines is 1. The first-order valence-corrected chi connectivity index (χ1v) is 8.11. The zero-order valence-electron chi connectivity index (χ0n) is 13.0. The Hall–Kier alpha value is -2.93. The molecule has 1 atom stereocenters. The second-order valence-corrected chi connectivity index (χ2v) is 6.39. The average Bonchev–Trinajstić information content (AvgIpc) is 2.96. The van der Waals surface area contributed by atoms with Crippen LogP contribution < -0.4 is 10.9 Å². The third kappa shape index (κ3) is 2.72. The van der Waals surface area contributed by atoms with Crippen LogP contribution in [0.25, 0.3) is 10.9 Å². The van der Waals surface area contributed by atoms with Crippen molar-refractivity contribution in [2.24, 2.45) is 0 Å². The van der Waals surface area contributed by atoms with Crippen molar-refractivity contribution in [3.63, 3.8) is 0 Å². The maximum Gasteiger partial charge on any atom is 0.293 e. The van der Waals surface area contributed by atoms with Crippen LogP contribution >= 0.6 is 11.6 Å². The molecule has 0 radical (unpaired) electrons. The molecule has 25 heavy (non-hydrogen) atoms. The predicted molar refractivity (Wildman–Crippen MR) is 95.2 cm³/mol. The van der Waals surface area contributed by atoms with Gasteiger partial charge in [0, 0.05) is 11.1 Å². The van der Waals surface area contributed by atoms with Gasteiger partial charge in [0.1, 0.15) is 5.69 Å². The highest BCUT2D eigenvalue weighted by Crippen LogP contribution is 2.38. The number of rotatable bonds is 3. The second-order valence-electron chi connectivity index (χ2n) is 5.95.